The normalized spacial score (nSPS) is 9.27. The van der Waals surface area contributed by atoms with E-state index in [1.54, 1.807) is 0 Å². The zero-order chi connectivity index (χ0) is 8.43. The molecule has 0 radical (unpaired) electrons. The van der Waals surface area contributed by atoms with Crippen molar-refractivity contribution in [3.05, 3.63) is 40.2 Å². The molecule has 0 bridgehead atoms. The van der Waals surface area contributed by atoms with Crippen LogP contribution >= 0.6 is 0 Å². The van der Waals surface area contributed by atoms with Crippen LogP contribution in [0, 0.1) is 27.3 Å². The molecule has 0 amide bonds. The zero-order valence-electron chi connectivity index (χ0n) is 7.10. The van der Waals surface area contributed by atoms with Crippen LogP contribution in [0.2, 0.25) is 0 Å². The van der Waals surface area contributed by atoms with Gasteiger partial charge in [-0.25, -0.2) is 4.85 Å². The highest BCUT2D eigenvalue weighted by Crippen LogP contribution is 2.20. The molecule has 0 spiro atoms. The molecule has 1 nitrogen and oxygen atoms in total. The second kappa shape index (κ2) is 2.75. The predicted molar refractivity (Wildman–Crippen MR) is 46.9 cm³/mol. The number of hydrogen-bond donors (Lipinski definition) is 0. The average molecular weight is 145 g/mol. The fourth-order valence-electron chi connectivity index (χ4n) is 1.08. The van der Waals surface area contributed by atoms with E-state index in [0.29, 0.717) is 0 Å². The van der Waals surface area contributed by atoms with Crippen LogP contribution in [-0.4, -0.2) is 0 Å². The lowest BCUT2D eigenvalue weighted by molar-refractivity contribution is 1.27. The van der Waals surface area contributed by atoms with E-state index in [2.05, 4.69) is 11.8 Å². The first-order valence-corrected chi connectivity index (χ1v) is 3.60. The van der Waals surface area contributed by atoms with E-state index in [-0.39, 0.29) is 0 Å². The van der Waals surface area contributed by atoms with Crippen molar-refractivity contribution >= 4 is 5.69 Å². The number of hydrogen-bond acceptors (Lipinski definition) is 0. The summed E-state index contributed by atoms with van der Waals surface area (Å²) in [5.41, 5.74) is 4.44. The predicted octanol–water partition coefficient (Wildman–Crippen LogP) is 3.16. The van der Waals surface area contributed by atoms with Crippen molar-refractivity contribution in [1.82, 2.24) is 0 Å². The maximum atomic E-state index is 6.83. The molecular formula is C10H11N. The van der Waals surface area contributed by atoms with Crippen molar-refractivity contribution in [3.63, 3.8) is 0 Å². The van der Waals surface area contributed by atoms with Gasteiger partial charge in [0.1, 0.15) is 0 Å². The third-order valence-electron chi connectivity index (χ3n) is 2.04. The van der Waals surface area contributed by atoms with Gasteiger partial charge in [-0.05, 0) is 26.3 Å². The third-order valence-corrected chi connectivity index (χ3v) is 2.04. The zero-order valence-corrected chi connectivity index (χ0v) is 7.10. The Morgan fingerprint density at radius 2 is 1.55 bits per heavy atom. The van der Waals surface area contributed by atoms with Gasteiger partial charge >= 0.3 is 0 Å². The van der Waals surface area contributed by atoms with Crippen LogP contribution in [0.15, 0.2) is 12.1 Å². The first-order chi connectivity index (χ1) is 5.15. The van der Waals surface area contributed by atoms with Crippen LogP contribution < -0.4 is 0 Å². The van der Waals surface area contributed by atoms with Gasteiger partial charge in [0.2, 0.25) is 0 Å². The van der Waals surface area contributed by atoms with E-state index in [1.807, 2.05) is 26.0 Å². The molecular weight excluding hydrogens is 134 g/mol. The van der Waals surface area contributed by atoms with E-state index in [9.17, 15) is 0 Å². The van der Waals surface area contributed by atoms with Crippen molar-refractivity contribution in [2.24, 2.45) is 0 Å². The minimum Gasteiger partial charge on any atom is -0.238 e. The molecule has 1 aromatic carbocycles. The Balaban J connectivity index is 3.35. The maximum Gasteiger partial charge on any atom is 0.187 e. The summed E-state index contributed by atoms with van der Waals surface area (Å²) < 4.78 is 0. The van der Waals surface area contributed by atoms with E-state index < -0.39 is 0 Å². The molecule has 1 rings (SSSR count). The lowest BCUT2D eigenvalue weighted by Gasteiger charge is -2.03. The van der Waals surface area contributed by atoms with Gasteiger partial charge in [0.15, 0.2) is 5.69 Å². The molecule has 0 saturated heterocycles. The summed E-state index contributed by atoms with van der Waals surface area (Å²) in [6.07, 6.45) is 0. The molecule has 0 aliphatic heterocycles. The van der Waals surface area contributed by atoms with E-state index >= 15 is 0 Å². The van der Waals surface area contributed by atoms with Crippen LogP contribution in [0.25, 0.3) is 4.85 Å². The molecule has 0 aliphatic carbocycles. The summed E-state index contributed by atoms with van der Waals surface area (Å²) in [5, 5.41) is 0. The molecule has 0 atom stereocenters. The Bertz CT molecular complexity index is 295. The summed E-state index contributed by atoms with van der Waals surface area (Å²) in [4.78, 5) is 3.38. The van der Waals surface area contributed by atoms with Crippen LogP contribution in [-0.2, 0) is 0 Å². The fraction of sp³-hybridized carbons (Fsp3) is 0.300. The van der Waals surface area contributed by atoms with Crippen LogP contribution in [0.5, 0.6) is 0 Å². The lowest BCUT2D eigenvalue weighted by atomic mass is 10.0. The quantitative estimate of drug-likeness (QED) is 0.494. The van der Waals surface area contributed by atoms with Gasteiger partial charge in [-0.2, -0.15) is 0 Å². The Hall–Kier alpha value is -1.29. The van der Waals surface area contributed by atoms with Crippen molar-refractivity contribution in [1.29, 1.82) is 0 Å². The topological polar surface area (TPSA) is 4.36 Å². The second-order valence-electron chi connectivity index (χ2n) is 2.82. The molecule has 0 N–H and O–H groups in total. The standard InChI is InChI=1S/C10H11N/c1-7-5-10(11-4)6-8(2)9(7)3/h5-6H,1-3H3. The molecule has 0 unspecified atom stereocenters. The molecule has 0 heterocycles. The highest BCUT2D eigenvalue weighted by molar-refractivity contribution is 5.52. The molecule has 56 valence electrons. The first kappa shape index (κ1) is 7.81. The second-order valence-corrected chi connectivity index (χ2v) is 2.82. The minimum absolute atomic E-state index is 0.741. The van der Waals surface area contributed by atoms with E-state index in [4.69, 9.17) is 6.57 Å². The molecule has 11 heavy (non-hydrogen) atoms. The summed E-state index contributed by atoms with van der Waals surface area (Å²) in [6.45, 7) is 13.0. The number of aryl methyl sites for hydroxylation is 2. The Morgan fingerprint density at radius 3 is 1.91 bits per heavy atom. The van der Waals surface area contributed by atoms with Crippen molar-refractivity contribution in [2.75, 3.05) is 0 Å². The fourth-order valence-corrected chi connectivity index (χ4v) is 1.08. The van der Waals surface area contributed by atoms with Gasteiger partial charge in [-0.1, -0.05) is 23.3 Å². The van der Waals surface area contributed by atoms with E-state index in [0.717, 1.165) is 5.69 Å². The maximum absolute atomic E-state index is 6.83. The van der Waals surface area contributed by atoms with Crippen LogP contribution in [0.3, 0.4) is 0 Å². The summed E-state index contributed by atoms with van der Waals surface area (Å²) in [7, 11) is 0. The van der Waals surface area contributed by atoms with Crippen LogP contribution in [0.1, 0.15) is 16.7 Å². The van der Waals surface area contributed by atoms with Crippen molar-refractivity contribution in [3.8, 4) is 0 Å². The summed E-state index contributed by atoms with van der Waals surface area (Å²) in [5.74, 6) is 0. The lowest BCUT2D eigenvalue weighted by Crippen LogP contribution is -1.84. The molecule has 1 aromatic rings. The average Bonchev–Trinajstić information content (AvgIpc) is 1.99. The largest absolute Gasteiger partial charge is 0.238 e. The smallest absolute Gasteiger partial charge is 0.187 e. The molecule has 0 saturated carbocycles. The monoisotopic (exact) mass is 145 g/mol. The first-order valence-electron chi connectivity index (χ1n) is 3.60. The highest BCUT2D eigenvalue weighted by Gasteiger charge is 1.98. The van der Waals surface area contributed by atoms with Gasteiger partial charge in [-0.3, -0.25) is 0 Å². The van der Waals surface area contributed by atoms with Crippen molar-refractivity contribution in [2.45, 2.75) is 20.8 Å². The van der Waals surface area contributed by atoms with Crippen molar-refractivity contribution < 1.29 is 0 Å². The number of rotatable bonds is 0. The Kier molecular flexibility index (Phi) is 1.96. The van der Waals surface area contributed by atoms with Gasteiger partial charge in [0.05, 0.1) is 6.57 Å². The third kappa shape index (κ3) is 1.40. The van der Waals surface area contributed by atoms with Gasteiger partial charge in [0, 0.05) is 0 Å². The molecule has 0 aliphatic rings. The summed E-state index contributed by atoms with van der Waals surface area (Å²) in [6, 6.07) is 3.85. The van der Waals surface area contributed by atoms with E-state index in [1.165, 1.54) is 16.7 Å². The van der Waals surface area contributed by atoms with Gasteiger partial charge in [-0.15, -0.1) is 0 Å². The van der Waals surface area contributed by atoms with Gasteiger partial charge in [0.25, 0.3) is 0 Å². The SMILES string of the molecule is [C-]#[N+]c1cc(C)c(C)c(C)c1. The molecule has 0 aromatic heterocycles. The summed E-state index contributed by atoms with van der Waals surface area (Å²) >= 11 is 0. The highest BCUT2D eigenvalue weighted by atomic mass is 14.6. The van der Waals surface area contributed by atoms with Crippen LogP contribution in [0.4, 0.5) is 5.69 Å². The number of nitrogens with zero attached hydrogens (tertiary/aromatic N) is 1. The molecule has 1 heteroatoms. The van der Waals surface area contributed by atoms with Gasteiger partial charge < -0.3 is 0 Å². The minimum atomic E-state index is 0.741. The molecule has 0 fully saturated rings. The Morgan fingerprint density at radius 1 is 1.09 bits per heavy atom. The Labute approximate surface area is 67.5 Å². The number of benzene rings is 1.